The first-order chi connectivity index (χ1) is 11.3. The molecule has 1 aliphatic rings. The van der Waals surface area contributed by atoms with E-state index in [4.69, 9.17) is 4.74 Å². The lowest BCUT2D eigenvalue weighted by atomic mass is 10.1. The van der Waals surface area contributed by atoms with E-state index in [-0.39, 0.29) is 17.5 Å². The maximum absolute atomic E-state index is 12.2. The summed E-state index contributed by atoms with van der Waals surface area (Å²) in [6.07, 6.45) is 4.75. The Morgan fingerprint density at radius 2 is 2.12 bits per heavy atom. The molecule has 0 N–H and O–H groups in total. The number of nitrogens with zero attached hydrogens (tertiary/aromatic N) is 4. The van der Waals surface area contributed by atoms with Crippen LogP contribution in [0.3, 0.4) is 0 Å². The Morgan fingerprint density at radius 1 is 1.38 bits per heavy atom. The van der Waals surface area contributed by atoms with Gasteiger partial charge in [-0.05, 0) is 31.7 Å². The van der Waals surface area contributed by atoms with Crippen LogP contribution in [0.4, 0.5) is 0 Å². The molecule has 0 amide bonds. The van der Waals surface area contributed by atoms with Crippen LogP contribution in [0, 0.1) is 0 Å². The first-order valence-electron chi connectivity index (χ1n) is 7.62. The number of fused-ring (bicyclic) bond motifs is 3. The third-order valence-electron chi connectivity index (χ3n) is 3.89. The van der Waals surface area contributed by atoms with Crippen molar-refractivity contribution in [2.24, 2.45) is 7.05 Å². The van der Waals surface area contributed by atoms with E-state index in [0.717, 1.165) is 23.8 Å². The Kier molecular flexibility index (Phi) is 4.12. The lowest BCUT2D eigenvalue weighted by molar-refractivity contribution is 0.0517. The molecule has 0 saturated heterocycles. The lowest BCUT2D eigenvalue weighted by Gasteiger charge is -2.08. The summed E-state index contributed by atoms with van der Waals surface area (Å²) in [7, 11) is -1.82. The normalized spacial score (nSPS) is 13.8. The maximum Gasteiger partial charge on any atom is 0.359 e. The average molecular weight is 350 g/mol. The van der Waals surface area contributed by atoms with Crippen molar-refractivity contribution >= 4 is 15.8 Å². The van der Waals surface area contributed by atoms with Gasteiger partial charge in [0.15, 0.2) is 5.69 Å². The van der Waals surface area contributed by atoms with Gasteiger partial charge in [0.05, 0.1) is 18.0 Å². The van der Waals surface area contributed by atoms with Crippen molar-refractivity contribution in [2.45, 2.75) is 31.3 Å². The number of esters is 1. The van der Waals surface area contributed by atoms with Gasteiger partial charge in [0.1, 0.15) is 0 Å². The maximum atomic E-state index is 12.2. The highest BCUT2D eigenvalue weighted by Crippen LogP contribution is 2.33. The van der Waals surface area contributed by atoms with Gasteiger partial charge >= 0.3 is 5.97 Å². The highest BCUT2D eigenvalue weighted by atomic mass is 32.2. The van der Waals surface area contributed by atoms with E-state index in [1.54, 1.807) is 24.9 Å². The summed E-state index contributed by atoms with van der Waals surface area (Å²) in [5, 5.41) is 4.05. The monoisotopic (exact) mass is 350 g/mol. The molecular formula is C15H18N4O4S. The minimum absolute atomic E-state index is 0.229. The van der Waals surface area contributed by atoms with Gasteiger partial charge in [-0.3, -0.25) is 4.68 Å². The lowest BCUT2D eigenvalue weighted by Crippen LogP contribution is -2.08. The second kappa shape index (κ2) is 5.97. The molecule has 24 heavy (non-hydrogen) atoms. The van der Waals surface area contributed by atoms with Crippen LogP contribution in [0.1, 0.15) is 35.0 Å². The third-order valence-corrected chi connectivity index (χ3v) is 4.75. The molecule has 128 valence electrons. The topological polar surface area (TPSA) is 104 Å². The summed E-state index contributed by atoms with van der Waals surface area (Å²) in [5.74, 6) is -0.477. The van der Waals surface area contributed by atoms with Crippen LogP contribution in [-0.2, 0) is 34.5 Å². The number of carbonyl (C=O) groups is 1. The Labute approximate surface area is 139 Å². The van der Waals surface area contributed by atoms with Crippen LogP contribution in [-0.4, -0.2) is 47.0 Å². The fraction of sp³-hybridized carbons (Fsp3) is 0.467. The van der Waals surface area contributed by atoms with E-state index in [0.29, 0.717) is 24.2 Å². The first kappa shape index (κ1) is 16.6. The van der Waals surface area contributed by atoms with E-state index in [9.17, 15) is 13.2 Å². The van der Waals surface area contributed by atoms with Gasteiger partial charge in [-0.25, -0.2) is 23.2 Å². The highest BCUT2D eigenvalue weighted by Gasteiger charge is 2.28. The number of carbonyl (C=O) groups excluding carboxylic acids is 1. The Morgan fingerprint density at radius 3 is 2.79 bits per heavy atom. The number of ether oxygens (including phenoxy) is 1. The molecule has 1 aliphatic carbocycles. The van der Waals surface area contributed by atoms with Gasteiger partial charge in [0.2, 0.25) is 15.0 Å². The van der Waals surface area contributed by atoms with E-state index >= 15 is 0 Å². The van der Waals surface area contributed by atoms with Crippen molar-refractivity contribution in [2.75, 3.05) is 12.9 Å². The zero-order valence-electron chi connectivity index (χ0n) is 13.7. The van der Waals surface area contributed by atoms with Gasteiger partial charge in [-0.2, -0.15) is 5.10 Å². The summed E-state index contributed by atoms with van der Waals surface area (Å²) in [5.41, 5.74) is 3.02. The predicted octanol–water partition coefficient (Wildman–Crippen LogP) is 0.946. The largest absolute Gasteiger partial charge is 0.461 e. The summed E-state index contributed by atoms with van der Waals surface area (Å²) < 4.78 is 30.2. The minimum Gasteiger partial charge on any atom is -0.461 e. The standard InChI is InChI=1S/C15H18N4O4S/c1-4-23-14(20)12-10-7-5-6-9-8-16-15(24(3,21)22)17-11(9)13(10)19(2)18-12/h8H,4-7H2,1-3H3. The van der Waals surface area contributed by atoms with Crippen LogP contribution >= 0.6 is 0 Å². The molecule has 9 heteroatoms. The van der Waals surface area contributed by atoms with Crippen LogP contribution in [0.5, 0.6) is 0 Å². The molecule has 0 aromatic carbocycles. The molecule has 2 aromatic heterocycles. The molecule has 3 rings (SSSR count). The van der Waals surface area contributed by atoms with Crippen molar-refractivity contribution in [3.05, 3.63) is 23.0 Å². The number of hydrogen-bond acceptors (Lipinski definition) is 7. The van der Waals surface area contributed by atoms with Crippen molar-refractivity contribution in [3.63, 3.8) is 0 Å². The predicted molar refractivity (Wildman–Crippen MR) is 85.3 cm³/mol. The first-order valence-corrected chi connectivity index (χ1v) is 9.51. The van der Waals surface area contributed by atoms with Crippen molar-refractivity contribution < 1.29 is 17.9 Å². The summed E-state index contributed by atoms with van der Waals surface area (Å²) >= 11 is 0. The molecule has 0 bridgehead atoms. The SMILES string of the molecule is CCOC(=O)c1nn(C)c2c1CCCc1cnc(S(C)(=O)=O)nc1-2. The Hall–Kier alpha value is -2.29. The smallest absolute Gasteiger partial charge is 0.359 e. The second-order valence-corrected chi connectivity index (χ2v) is 7.58. The van der Waals surface area contributed by atoms with Crippen LogP contribution in [0.2, 0.25) is 0 Å². The molecule has 0 radical (unpaired) electrons. The number of sulfone groups is 1. The molecule has 0 atom stereocenters. The van der Waals surface area contributed by atoms with Crippen molar-refractivity contribution in [1.82, 2.24) is 19.7 Å². The molecule has 0 spiro atoms. The fourth-order valence-electron chi connectivity index (χ4n) is 2.88. The van der Waals surface area contributed by atoms with E-state index in [1.807, 2.05) is 0 Å². The molecule has 0 fully saturated rings. The van der Waals surface area contributed by atoms with Crippen LogP contribution in [0.25, 0.3) is 11.4 Å². The van der Waals surface area contributed by atoms with Crippen molar-refractivity contribution in [1.29, 1.82) is 0 Å². The van der Waals surface area contributed by atoms with Crippen molar-refractivity contribution in [3.8, 4) is 11.4 Å². The Balaban J connectivity index is 2.23. The number of aryl methyl sites for hydroxylation is 2. The summed E-state index contributed by atoms with van der Waals surface area (Å²) in [4.78, 5) is 20.4. The number of hydrogen-bond donors (Lipinski definition) is 0. The molecule has 8 nitrogen and oxygen atoms in total. The molecular weight excluding hydrogens is 332 g/mol. The Bertz CT molecular complexity index is 918. The molecule has 0 aliphatic heterocycles. The zero-order valence-corrected chi connectivity index (χ0v) is 14.6. The number of rotatable bonds is 3. The van der Waals surface area contributed by atoms with Crippen LogP contribution in [0.15, 0.2) is 11.4 Å². The van der Waals surface area contributed by atoms with E-state index < -0.39 is 15.8 Å². The number of aromatic nitrogens is 4. The van der Waals surface area contributed by atoms with Gasteiger partial charge in [0, 0.05) is 25.1 Å². The van der Waals surface area contributed by atoms with E-state index in [2.05, 4.69) is 15.1 Å². The van der Waals surface area contributed by atoms with Gasteiger partial charge in [-0.1, -0.05) is 0 Å². The second-order valence-electron chi connectivity index (χ2n) is 5.67. The summed E-state index contributed by atoms with van der Waals surface area (Å²) in [6.45, 7) is 2.00. The van der Waals surface area contributed by atoms with Gasteiger partial charge in [-0.15, -0.1) is 0 Å². The molecule has 2 heterocycles. The van der Waals surface area contributed by atoms with Crippen LogP contribution < -0.4 is 0 Å². The minimum atomic E-state index is -3.53. The molecule has 2 aromatic rings. The third kappa shape index (κ3) is 2.79. The quantitative estimate of drug-likeness (QED) is 0.599. The average Bonchev–Trinajstić information content (AvgIpc) is 2.72. The van der Waals surface area contributed by atoms with Gasteiger partial charge in [0.25, 0.3) is 0 Å². The summed E-state index contributed by atoms with van der Waals surface area (Å²) in [6, 6.07) is 0. The highest BCUT2D eigenvalue weighted by molar-refractivity contribution is 7.90. The fourth-order valence-corrected chi connectivity index (χ4v) is 3.38. The zero-order chi connectivity index (χ0) is 17.5. The van der Waals surface area contributed by atoms with E-state index in [1.165, 1.54) is 0 Å². The molecule has 0 unspecified atom stereocenters. The molecule has 0 saturated carbocycles. The van der Waals surface area contributed by atoms with Gasteiger partial charge < -0.3 is 4.74 Å².